The molecule has 1 aromatic carbocycles. The number of carbonyl (C=O) groups is 3. The maximum absolute atomic E-state index is 12.7. The highest BCUT2D eigenvalue weighted by Gasteiger charge is 2.26. The van der Waals surface area contributed by atoms with Gasteiger partial charge < -0.3 is 15.4 Å². The van der Waals surface area contributed by atoms with E-state index in [1.165, 1.54) is 11.3 Å². The Morgan fingerprint density at radius 2 is 2.04 bits per heavy atom. The number of benzene rings is 1. The third kappa shape index (κ3) is 4.58. The van der Waals surface area contributed by atoms with Crippen LogP contribution in [0.15, 0.2) is 30.3 Å². The van der Waals surface area contributed by atoms with Crippen molar-refractivity contribution in [2.75, 3.05) is 38.1 Å². The van der Waals surface area contributed by atoms with Crippen LogP contribution < -0.4 is 10.6 Å². The van der Waals surface area contributed by atoms with Crippen LogP contribution >= 0.6 is 11.3 Å². The van der Waals surface area contributed by atoms with E-state index in [4.69, 9.17) is 4.74 Å². The molecule has 8 heteroatoms. The molecule has 28 heavy (non-hydrogen) atoms. The number of piperazine rings is 1. The SMILES string of the molecule is CCOC(=O)c1c(NC(=O)CN2CCNC(=O)C2)sc(C)c1-c1ccccc1. The van der Waals surface area contributed by atoms with Crippen LogP contribution in [0.3, 0.4) is 0 Å². The van der Waals surface area contributed by atoms with E-state index >= 15 is 0 Å². The lowest BCUT2D eigenvalue weighted by Gasteiger charge is -2.25. The largest absolute Gasteiger partial charge is 0.462 e. The summed E-state index contributed by atoms with van der Waals surface area (Å²) in [4.78, 5) is 39.4. The number of aryl methyl sites for hydroxylation is 1. The van der Waals surface area contributed by atoms with Gasteiger partial charge in [0.1, 0.15) is 10.6 Å². The van der Waals surface area contributed by atoms with Gasteiger partial charge in [0.25, 0.3) is 0 Å². The van der Waals surface area contributed by atoms with Crippen LogP contribution in [0.1, 0.15) is 22.2 Å². The van der Waals surface area contributed by atoms with Gasteiger partial charge in [-0.05, 0) is 19.4 Å². The van der Waals surface area contributed by atoms with E-state index in [0.717, 1.165) is 16.0 Å². The number of hydrogen-bond donors (Lipinski definition) is 2. The maximum Gasteiger partial charge on any atom is 0.341 e. The number of esters is 1. The van der Waals surface area contributed by atoms with Crippen molar-refractivity contribution in [2.45, 2.75) is 13.8 Å². The second-order valence-electron chi connectivity index (χ2n) is 6.43. The highest BCUT2D eigenvalue weighted by Crippen LogP contribution is 2.40. The highest BCUT2D eigenvalue weighted by atomic mass is 32.1. The van der Waals surface area contributed by atoms with Gasteiger partial charge in [-0.2, -0.15) is 0 Å². The van der Waals surface area contributed by atoms with Crippen LogP contribution in [0.4, 0.5) is 5.00 Å². The summed E-state index contributed by atoms with van der Waals surface area (Å²) in [7, 11) is 0. The first kappa shape index (κ1) is 20.0. The molecule has 7 nitrogen and oxygen atoms in total. The molecule has 0 aliphatic carbocycles. The van der Waals surface area contributed by atoms with Gasteiger partial charge in [0, 0.05) is 23.5 Å². The molecule has 0 atom stereocenters. The first-order valence-electron chi connectivity index (χ1n) is 9.14. The van der Waals surface area contributed by atoms with Crippen LogP contribution in [0.25, 0.3) is 11.1 Å². The summed E-state index contributed by atoms with van der Waals surface area (Å²) in [6, 6.07) is 9.57. The molecule has 2 heterocycles. The van der Waals surface area contributed by atoms with Crippen molar-refractivity contribution in [3.63, 3.8) is 0 Å². The van der Waals surface area contributed by atoms with Gasteiger partial charge in [-0.25, -0.2) is 4.79 Å². The van der Waals surface area contributed by atoms with Crippen molar-refractivity contribution in [1.29, 1.82) is 0 Å². The predicted molar refractivity (Wildman–Crippen MR) is 109 cm³/mol. The second-order valence-corrected chi connectivity index (χ2v) is 7.66. The zero-order valence-electron chi connectivity index (χ0n) is 15.9. The van der Waals surface area contributed by atoms with E-state index < -0.39 is 5.97 Å². The molecule has 2 amide bonds. The summed E-state index contributed by atoms with van der Waals surface area (Å²) in [5.41, 5.74) is 2.05. The zero-order valence-corrected chi connectivity index (χ0v) is 16.7. The third-order valence-electron chi connectivity index (χ3n) is 4.36. The fourth-order valence-corrected chi connectivity index (χ4v) is 4.26. The molecule has 2 N–H and O–H groups in total. The number of amides is 2. The van der Waals surface area contributed by atoms with Gasteiger partial charge in [0.05, 0.1) is 19.7 Å². The number of hydrogen-bond acceptors (Lipinski definition) is 6. The maximum atomic E-state index is 12.7. The van der Waals surface area contributed by atoms with Crippen LogP contribution in [0, 0.1) is 6.92 Å². The van der Waals surface area contributed by atoms with E-state index in [1.54, 1.807) is 11.8 Å². The summed E-state index contributed by atoms with van der Waals surface area (Å²) >= 11 is 1.35. The van der Waals surface area contributed by atoms with Crippen molar-refractivity contribution in [3.8, 4) is 11.1 Å². The van der Waals surface area contributed by atoms with Crippen molar-refractivity contribution in [3.05, 3.63) is 40.8 Å². The number of nitrogens with zero attached hydrogens (tertiary/aromatic N) is 1. The van der Waals surface area contributed by atoms with Gasteiger partial charge in [0.15, 0.2) is 0 Å². The molecule has 148 valence electrons. The average Bonchev–Trinajstić information content (AvgIpc) is 2.98. The topological polar surface area (TPSA) is 87.7 Å². The van der Waals surface area contributed by atoms with Crippen molar-refractivity contribution in [2.24, 2.45) is 0 Å². The first-order valence-corrected chi connectivity index (χ1v) is 9.96. The van der Waals surface area contributed by atoms with E-state index in [1.807, 2.05) is 37.3 Å². The lowest BCUT2D eigenvalue weighted by molar-refractivity contribution is -0.125. The van der Waals surface area contributed by atoms with Crippen molar-refractivity contribution < 1.29 is 19.1 Å². The fraction of sp³-hybridized carbons (Fsp3) is 0.350. The fourth-order valence-electron chi connectivity index (χ4n) is 3.18. The molecule has 1 aliphatic rings. The summed E-state index contributed by atoms with van der Waals surface area (Å²) in [5.74, 6) is -0.816. The Hall–Kier alpha value is -2.71. The molecule has 1 fully saturated rings. The summed E-state index contributed by atoms with van der Waals surface area (Å²) in [6.07, 6.45) is 0. The molecule has 0 unspecified atom stereocenters. The molecule has 3 rings (SSSR count). The predicted octanol–water partition coefficient (Wildman–Crippen LogP) is 2.27. The molecule has 2 aromatic rings. The van der Waals surface area contributed by atoms with E-state index in [9.17, 15) is 14.4 Å². The van der Waals surface area contributed by atoms with Crippen LogP contribution in [0.5, 0.6) is 0 Å². The molecule has 0 saturated carbocycles. The first-order chi connectivity index (χ1) is 13.5. The van der Waals surface area contributed by atoms with Crippen LogP contribution in [0.2, 0.25) is 0 Å². The molecule has 0 bridgehead atoms. The molecule has 1 aromatic heterocycles. The molecule has 0 radical (unpaired) electrons. The summed E-state index contributed by atoms with van der Waals surface area (Å²) < 4.78 is 5.24. The third-order valence-corrected chi connectivity index (χ3v) is 5.38. The number of rotatable bonds is 6. The number of carbonyl (C=O) groups excluding carboxylic acids is 3. The standard InChI is InChI=1S/C20H23N3O4S/c1-3-27-20(26)18-17(14-7-5-4-6-8-14)13(2)28-19(18)22-16(25)12-23-10-9-21-15(24)11-23/h4-8H,3,9-12H2,1-2H3,(H,21,24)(H,22,25). The smallest absolute Gasteiger partial charge is 0.341 e. The monoisotopic (exact) mass is 401 g/mol. The van der Waals surface area contributed by atoms with Crippen molar-refractivity contribution in [1.82, 2.24) is 10.2 Å². The van der Waals surface area contributed by atoms with Gasteiger partial charge >= 0.3 is 5.97 Å². The minimum Gasteiger partial charge on any atom is -0.462 e. The number of nitrogens with one attached hydrogen (secondary N) is 2. The van der Waals surface area contributed by atoms with Crippen LogP contribution in [-0.2, 0) is 14.3 Å². The van der Waals surface area contributed by atoms with Crippen molar-refractivity contribution >= 4 is 34.1 Å². The van der Waals surface area contributed by atoms with Gasteiger partial charge in [-0.1, -0.05) is 30.3 Å². The Morgan fingerprint density at radius 1 is 1.29 bits per heavy atom. The number of thiophene rings is 1. The Bertz CT molecular complexity index is 879. The van der Waals surface area contributed by atoms with E-state index in [-0.39, 0.29) is 31.5 Å². The molecule has 1 saturated heterocycles. The minimum atomic E-state index is -0.460. The normalized spacial score (nSPS) is 14.4. The van der Waals surface area contributed by atoms with Gasteiger partial charge in [0.2, 0.25) is 11.8 Å². The molecular weight excluding hydrogens is 378 g/mol. The molecule has 0 spiro atoms. The van der Waals surface area contributed by atoms with E-state index in [0.29, 0.717) is 23.7 Å². The number of ether oxygens (including phenoxy) is 1. The summed E-state index contributed by atoms with van der Waals surface area (Å²) in [6.45, 7) is 5.33. The van der Waals surface area contributed by atoms with E-state index in [2.05, 4.69) is 10.6 Å². The molecular formula is C20H23N3O4S. The second kappa shape index (κ2) is 8.99. The Labute approximate surface area is 167 Å². The average molecular weight is 401 g/mol. The molecule has 1 aliphatic heterocycles. The highest BCUT2D eigenvalue weighted by molar-refractivity contribution is 7.17. The quantitative estimate of drug-likeness (QED) is 0.725. The lowest BCUT2D eigenvalue weighted by atomic mass is 10.0. The van der Waals surface area contributed by atoms with Crippen LogP contribution in [-0.4, -0.2) is 55.5 Å². The van der Waals surface area contributed by atoms with Gasteiger partial charge in [-0.3, -0.25) is 14.5 Å². The lowest BCUT2D eigenvalue weighted by Crippen LogP contribution is -2.49. The number of anilines is 1. The summed E-state index contributed by atoms with van der Waals surface area (Å²) in [5, 5.41) is 6.05. The Balaban J connectivity index is 1.86. The Morgan fingerprint density at radius 3 is 2.71 bits per heavy atom. The zero-order chi connectivity index (χ0) is 20.1. The van der Waals surface area contributed by atoms with Gasteiger partial charge in [-0.15, -0.1) is 11.3 Å². The Kier molecular flexibility index (Phi) is 6.43. The minimum absolute atomic E-state index is 0.0906.